The molecule has 0 aromatic rings. The van der Waals surface area contributed by atoms with Crippen LogP contribution in [0.3, 0.4) is 0 Å². The minimum Gasteiger partial charge on any atom is -0.329 e. The van der Waals surface area contributed by atoms with Crippen LogP contribution in [-0.2, 0) is 0 Å². The van der Waals surface area contributed by atoms with Crippen molar-refractivity contribution in [2.75, 3.05) is 39.3 Å². The van der Waals surface area contributed by atoms with E-state index in [4.69, 9.17) is 5.73 Å². The molecule has 2 rings (SSSR count). The van der Waals surface area contributed by atoms with Crippen LogP contribution in [0.1, 0.15) is 47.0 Å². The summed E-state index contributed by atoms with van der Waals surface area (Å²) in [5.74, 6) is 2.33. The molecule has 1 saturated carbocycles. The molecule has 1 saturated heterocycles. The molecule has 0 aromatic carbocycles. The van der Waals surface area contributed by atoms with Crippen LogP contribution in [0, 0.1) is 17.8 Å². The number of rotatable bonds is 4. The average molecular weight is 281 g/mol. The lowest BCUT2D eigenvalue weighted by molar-refractivity contribution is -0.0382. The van der Waals surface area contributed by atoms with Crippen LogP contribution < -0.4 is 5.73 Å². The molecule has 0 aromatic heterocycles. The second-order valence-electron chi connectivity index (χ2n) is 7.65. The third-order valence-corrected chi connectivity index (χ3v) is 5.95. The Morgan fingerprint density at radius 2 is 1.80 bits per heavy atom. The second-order valence-corrected chi connectivity index (χ2v) is 7.65. The highest BCUT2D eigenvalue weighted by atomic mass is 15.3. The van der Waals surface area contributed by atoms with E-state index in [1.165, 1.54) is 52.0 Å². The van der Waals surface area contributed by atoms with Gasteiger partial charge in [0.15, 0.2) is 0 Å². The van der Waals surface area contributed by atoms with Gasteiger partial charge in [-0.05, 0) is 24.2 Å². The van der Waals surface area contributed by atoms with Gasteiger partial charge in [-0.2, -0.15) is 0 Å². The zero-order chi connectivity index (χ0) is 14.8. The third kappa shape index (κ3) is 3.20. The first-order valence-corrected chi connectivity index (χ1v) is 8.67. The van der Waals surface area contributed by atoms with Crippen molar-refractivity contribution >= 4 is 0 Å². The second kappa shape index (κ2) is 6.76. The van der Waals surface area contributed by atoms with E-state index in [-0.39, 0.29) is 5.54 Å². The summed E-state index contributed by atoms with van der Waals surface area (Å²) in [7, 11) is 0. The van der Waals surface area contributed by atoms with Crippen LogP contribution in [0.4, 0.5) is 0 Å². The van der Waals surface area contributed by atoms with E-state index in [0.29, 0.717) is 0 Å². The van der Waals surface area contributed by atoms with Gasteiger partial charge in [-0.1, -0.05) is 40.5 Å². The molecule has 0 amide bonds. The topological polar surface area (TPSA) is 32.5 Å². The summed E-state index contributed by atoms with van der Waals surface area (Å²) in [4.78, 5) is 5.37. The monoisotopic (exact) mass is 281 g/mol. The molecule has 1 heterocycles. The third-order valence-electron chi connectivity index (χ3n) is 5.95. The first-order chi connectivity index (χ1) is 9.49. The van der Waals surface area contributed by atoms with Crippen molar-refractivity contribution in [2.24, 2.45) is 23.5 Å². The largest absolute Gasteiger partial charge is 0.329 e. The molecule has 3 unspecified atom stereocenters. The Morgan fingerprint density at radius 3 is 2.35 bits per heavy atom. The predicted molar refractivity (Wildman–Crippen MR) is 86.8 cm³/mol. The maximum Gasteiger partial charge on any atom is 0.0360 e. The fraction of sp³-hybridized carbons (Fsp3) is 1.00. The Kier molecular flexibility index (Phi) is 5.49. The minimum atomic E-state index is 0.279. The summed E-state index contributed by atoms with van der Waals surface area (Å²) in [6.07, 6.45) is 4.05. The standard InChI is InChI=1S/C17H35N3/c1-14(2)12-19-8-10-20(11-9-19)17(13-18)7-5-6-15(3)16(17)4/h14-16H,5-13,18H2,1-4H3. The fourth-order valence-corrected chi connectivity index (χ4v) is 4.49. The number of hydrogen-bond acceptors (Lipinski definition) is 3. The van der Waals surface area contributed by atoms with E-state index < -0.39 is 0 Å². The average Bonchev–Trinajstić information content (AvgIpc) is 2.42. The van der Waals surface area contributed by atoms with Gasteiger partial charge in [0.05, 0.1) is 0 Å². The summed E-state index contributed by atoms with van der Waals surface area (Å²) in [5, 5.41) is 0. The Bertz CT molecular complexity index is 297. The van der Waals surface area contributed by atoms with Gasteiger partial charge in [-0.15, -0.1) is 0 Å². The lowest BCUT2D eigenvalue weighted by atomic mass is 9.67. The fourth-order valence-electron chi connectivity index (χ4n) is 4.49. The molecule has 20 heavy (non-hydrogen) atoms. The molecule has 1 aliphatic carbocycles. The van der Waals surface area contributed by atoms with Crippen molar-refractivity contribution in [2.45, 2.75) is 52.5 Å². The molecule has 1 aliphatic heterocycles. The zero-order valence-corrected chi connectivity index (χ0v) is 14.1. The molecule has 0 radical (unpaired) electrons. The molecule has 3 heteroatoms. The predicted octanol–water partition coefficient (Wildman–Crippen LogP) is 2.41. The number of nitrogens with zero attached hydrogens (tertiary/aromatic N) is 2. The molecule has 0 bridgehead atoms. The molecule has 2 aliphatic rings. The number of nitrogens with two attached hydrogens (primary N) is 1. The van der Waals surface area contributed by atoms with Gasteiger partial charge >= 0.3 is 0 Å². The summed E-state index contributed by atoms with van der Waals surface area (Å²) in [6.45, 7) is 16.4. The zero-order valence-electron chi connectivity index (χ0n) is 14.1. The lowest BCUT2D eigenvalue weighted by Gasteiger charge is -2.54. The van der Waals surface area contributed by atoms with Crippen molar-refractivity contribution in [1.29, 1.82) is 0 Å². The molecular formula is C17H35N3. The molecule has 0 spiro atoms. The van der Waals surface area contributed by atoms with Crippen molar-refractivity contribution in [3.05, 3.63) is 0 Å². The van der Waals surface area contributed by atoms with Crippen molar-refractivity contribution in [3.63, 3.8) is 0 Å². The molecular weight excluding hydrogens is 246 g/mol. The van der Waals surface area contributed by atoms with Gasteiger partial charge in [0.25, 0.3) is 0 Å². The first-order valence-electron chi connectivity index (χ1n) is 8.67. The van der Waals surface area contributed by atoms with Gasteiger partial charge in [-0.25, -0.2) is 0 Å². The highest BCUT2D eigenvalue weighted by Gasteiger charge is 2.45. The number of piperazine rings is 1. The molecule has 2 N–H and O–H groups in total. The highest BCUT2D eigenvalue weighted by molar-refractivity contribution is 5.01. The SMILES string of the molecule is CC(C)CN1CCN(C2(CN)CCCC(C)C2C)CC1. The van der Waals surface area contributed by atoms with Crippen LogP contribution in [-0.4, -0.2) is 54.6 Å². The lowest BCUT2D eigenvalue weighted by Crippen LogP contribution is -2.65. The van der Waals surface area contributed by atoms with E-state index in [2.05, 4.69) is 37.5 Å². The summed E-state index contributed by atoms with van der Waals surface area (Å²) < 4.78 is 0. The van der Waals surface area contributed by atoms with Crippen molar-refractivity contribution in [1.82, 2.24) is 9.80 Å². The van der Waals surface area contributed by atoms with E-state index in [1.54, 1.807) is 0 Å². The summed E-state index contributed by atoms with van der Waals surface area (Å²) >= 11 is 0. The van der Waals surface area contributed by atoms with E-state index in [9.17, 15) is 0 Å². The van der Waals surface area contributed by atoms with Crippen molar-refractivity contribution in [3.8, 4) is 0 Å². The van der Waals surface area contributed by atoms with E-state index in [0.717, 1.165) is 24.3 Å². The Balaban J connectivity index is 1.99. The minimum absolute atomic E-state index is 0.279. The Labute approximate surface area is 125 Å². The number of hydrogen-bond donors (Lipinski definition) is 1. The van der Waals surface area contributed by atoms with E-state index in [1.807, 2.05) is 0 Å². The normalized spacial score (nSPS) is 37.5. The smallest absolute Gasteiger partial charge is 0.0360 e. The highest BCUT2D eigenvalue weighted by Crippen LogP contribution is 2.41. The van der Waals surface area contributed by atoms with Crippen molar-refractivity contribution < 1.29 is 0 Å². The van der Waals surface area contributed by atoms with Crippen LogP contribution in [0.2, 0.25) is 0 Å². The van der Waals surface area contributed by atoms with Crippen LogP contribution in [0.5, 0.6) is 0 Å². The maximum absolute atomic E-state index is 6.28. The van der Waals surface area contributed by atoms with Gasteiger partial charge in [0.2, 0.25) is 0 Å². The molecule has 118 valence electrons. The van der Waals surface area contributed by atoms with Gasteiger partial charge < -0.3 is 10.6 Å². The first kappa shape index (κ1) is 16.3. The quantitative estimate of drug-likeness (QED) is 0.859. The van der Waals surface area contributed by atoms with Crippen LogP contribution >= 0.6 is 0 Å². The van der Waals surface area contributed by atoms with Crippen LogP contribution in [0.15, 0.2) is 0 Å². The molecule has 3 atom stereocenters. The summed E-state index contributed by atoms with van der Waals surface area (Å²) in [5.41, 5.74) is 6.56. The van der Waals surface area contributed by atoms with Gasteiger partial charge in [-0.3, -0.25) is 4.90 Å². The van der Waals surface area contributed by atoms with Gasteiger partial charge in [0, 0.05) is 44.8 Å². The Morgan fingerprint density at radius 1 is 1.15 bits per heavy atom. The van der Waals surface area contributed by atoms with Crippen LogP contribution in [0.25, 0.3) is 0 Å². The maximum atomic E-state index is 6.28. The van der Waals surface area contributed by atoms with E-state index >= 15 is 0 Å². The molecule has 3 nitrogen and oxygen atoms in total. The Hall–Kier alpha value is -0.120. The molecule has 2 fully saturated rings. The summed E-state index contributed by atoms with van der Waals surface area (Å²) in [6, 6.07) is 0. The van der Waals surface area contributed by atoms with Gasteiger partial charge in [0.1, 0.15) is 0 Å².